The SMILES string of the molecule is CCn1cc(/C=N/NC(=O)c2cc(-c3ccc(Cl)c(Cl)c3)nc3ccccc23)c(C)n1. The maximum absolute atomic E-state index is 13.0. The van der Waals surface area contributed by atoms with Crippen LogP contribution >= 0.6 is 23.2 Å². The molecular weight excluding hydrogens is 433 g/mol. The molecule has 8 heteroatoms. The first-order chi connectivity index (χ1) is 15.0. The molecule has 1 amide bonds. The lowest BCUT2D eigenvalue weighted by Gasteiger charge is -2.09. The van der Waals surface area contributed by atoms with Crippen LogP contribution in [0.4, 0.5) is 0 Å². The lowest BCUT2D eigenvalue weighted by atomic mass is 10.0. The third kappa shape index (κ3) is 4.45. The van der Waals surface area contributed by atoms with Crippen LogP contribution in [-0.4, -0.2) is 26.9 Å². The van der Waals surface area contributed by atoms with Gasteiger partial charge in [0.15, 0.2) is 0 Å². The highest BCUT2D eigenvalue weighted by Crippen LogP contribution is 2.30. The number of hydrazone groups is 1. The molecule has 31 heavy (non-hydrogen) atoms. The maximum Gasteiger partial charge on any atom is 0.272 e. The Morgan fingerprint density at radius 2 is 1.97 bits per heavy atom. The van der Waals surface area contributed by atoms with E-state index in [1.165, 1.54) is 0 Å². The number of nitrogens with zero attached hydrogens (tertiary/aromatic N) is 4. The van der Waals surface area contributed by atoms with Gasteiger partial charge in [0.1, 0.15) is 0 Å². The van der Waals surface area contributed by atoms with E-state index in [1.807, 2.05) is 55.1 Å². The lowest BCUT2D eigenvalue weighted by molar-refractivity contribution is 0.0956. The number of fused-ring (bicyclic) bond motifs is 1. The lowest BCUT2D eigenvalue weighted by Crippen LogP contribution is -2.18. The molecule has 0 saturated carbocycles. The van der Waals surface area contributed by atoms with Gasteiger partial charge in [-0.1, -0.05) is 47.5 Å². The second kappa shape index (κ2) is 8.88. The van der Waals surface area contributed by atoms with Crippen LogP contribution in [0.1, 0.15) is 28.5 Å². The van der Waals surface area contributed by atoms with Gasteiger partial charge in [0.2, 0.25) is 0 Å². The van der Waals surface area contributed by atoms with Gasteiger partial charge in [-0.3, -0.25) is 9.48 Å². The van der Waals surface area contributed by atoms with E-state index in [1.54, 1.807) is 24.4 Å². The quantitative estimate of drug-likeness (QED) is 0.321. The summed E-state index contributed by atoms with van der Waals surface area (Å²) in [6, 6.07) is 14.4. The summed E-state index contributed by atoms with van der Waals surface area (Å²) >= 11 is 12.2. The van der Waals surface area contributed by atoms with Crippen LogP contribution in [0, 0.1) is 6.92 Å². The molecule has 0 atom stereocenters. The van der Waals surface area contributed by atoms with Gasteiger partial charge in [-0.25, -0.2) is 10.4 Å². The van der Waals surface area contributed by atoms with Gasteiger partial charge in [0, 0.05) is 29.3 Å². The summed E-state index contributed by atoms with van der Waals surface area (Å²) < 4.78 is 1.82. The number of carbonyl (C=O) groups is 1. The minimum Gasteiger partial charge on any atom is -0.272 e. The number of para-hydroxylation sites is 1. The van der Waals surface area contributed by atoms with Crippen LogP contribution in [0.3, 0.4) is 0 Å². The third-order valence-electron chi connectivity index (χ3n) is 4.85. The van der Waals surface area contributed by atoms with E-state index in [-0.39, 0.29) is 5.91 Å². The van der Waals surface area contributed by atoms with Crippen LogP contribution < -0.4 is 5.43 Å². The van der Waals surface area contributed by atoms with Gasteiger partial charge >= 0.3 is 0 Å². The normalized spacial score (nSPS) is 11.4. The van der Waals surface area contributed by atoms with Crippen molar-refractivity contribution in [1.82, 2.24) is 20.2 Å². The van der Waals surface area contributed by atoms with Gasteiger partial charge in [-0.15, -0.1) is 0 Å². The number of aryl methyl sites for hydroxylation is 2. The monoisotopic (exact) mass is 451 g/mol. The summed E-state index contributed by atoms with van der Waals surface area (Å²) in [5.74, 6) is -0.336. The van der Waals surface area contributed by atoms with Crippen LogP contribution in [0.15, 0.2) is 59.8 Å². The summed E-state index contributed by atoms with van der Waals surface area (Å²) in [5, 5.41) is 10.1. The van der Waals surface area contributed by atoms with E-state index in [9.17, 15) is 4.79 Å². The Morgan fingerprint density at radius 1 is 1.16 bits per heavy atom. The minimum absolute atomic E-state index is 0.336. The van der Waals surface area contributed by atoms with Crippen molar-refractivity contribution in [2.45, 2.75) is 20.4 Å². The molecule has 0 radical (unpaired) electrons. The average Bonchev–Trinajstić information content (AvgIpc) is 3.14. The summed E-state index contributed by atoms with van der Waals surface area (Å²) in [4.78, 5) is 17.7. The number of hydrogen-bond donors (Lipinski definition) is 1. The summed E-state index contributed by atoms with van der Waals surface area (Å²) in [6.45, 7) is 4.67. The molecule has 4 rings (SSSR count). The molecule has 0 unspecified atom stereocenters. The smallest absolute Gasteiger partial charge is 0.272 e. The first-order valence-electron chi connectivity index (χ1n) is 9.69. The number of carbonyl (C=O) groups excluding carboxylic acids is 1. The van der Waals surface area contributed by atoms with Crippen molar-refractivity contribution >= 4 is 46.2 Å². The van der Waals surface area contributed by atoms with E-state index in [0.717, 1.165) is 28.8 Å². The number of pyridine rings is 1. The molecule has 0 spiro atoms. The number of benzene rings is 2. The van der Waals surface area contributed by atoms with Gasteiger partial charge in [0.05, 0.1) is 38.7 Å². The Morgan fingerprint density at radius 3 is 2.71 bits per heavy atom. The Balaban J connectivity index is 1.68. The Bertz CT molecular complexity index is 1310. The molecule has 4 aromatic rings. The fraction of sp³-hybridized carbons (Fsp3) is 0.130. The van der Waals surface area contributed by atoms with Crippen LogP contribution in [0.25, 0.3) is 22.2 Å². The largest absolute Gasteiger partial charge is 0.272 e. The Hall–Kier alpha value is -3.22. The standard InChI is InChI=1S/C23H19Cl2N5O/c1-3-30-13-16(14(2)29-30)12-26-28-23(31)18-11-22(15-8-9-19(24)20(25)10-15)27-21-7-5-4-6-17(18)21/h4-13H,3H2,1-2H3,(H,28,31)/b26-12+. The highest BCUT2D eigenvalue weighted by Gasteiger charge is 2.14. The van der Waals surface area contributed by atoms with E-state index in [0.29, 0.717) is 26.8 Å². The second-order valence-corrected chi connectivity index (χ2v) is 7.74. The summed E-state index contributed by atoms with van der Waals surface area (Å²) in [5.41, 5.74) is 6.84. The van der Waals surface area contributed by atoms with Crippen LogP contribution in [0.5, 0.6) is 0 Å². The fourth-order valence-electron chi connectivity index (χ4n) is 3.21. The van der Waals surface area contributed by atoms with Crippen molar-refractivity contribution in [2.24, 2.45) is 5.10 Å². The Labute approximate surface area is 189 Å². The number of rotatable bonds is 5. The predicted molar refractivity (Wildman–Crippen MR) is 125 cm³/mol. The molecule has 0 aliphatic carbocycles. The van der Waals surface area contributed by atoms with Crippen LogP contribution in [0.2, 0.25) is 10.0 Å². The first kappa shape index (κ1) is 21.0. The zero-order valence-electron chi connectivity index (χ0n) is 16.9. The number of halogens is 2. The van der Waals surface area contributed by atoms with Crippen molar-refractivity contribution in [3.63, 3.8) is 0 Å². The van der Waals surface area contributed by atoms with E-state index < -0.39 is 0 Å². The van der Waals surface area contributed by atoms with Crippen molar-refractivity contribution in [2.75, 3.05) is 0 Å². The second-order valence-electron chi connectivity index (χ2n) is 6.93. The summed E-state index contributed by atoms with van der Waals surface area (Å²) in [6.07, 6.45) is 3.48. The number of nitrogens with one attached hydrogen (secondary N) is 1. The molecule has 0 bridgehead atoms. The minimum atomic E-state index is -0.336. The Kier molecular flexibility index (Phi) is 6.02. The first-order valence-corrected chi connectivity index (χ1v) is 10.4. The van der Waals surface area contributed by atoms with Gasteiger partial charge in [-0.05, 0) is 38.1 Å². The molecular formula is C23H19Cl2N5O. The zero-order chi connectivity index (χ0) is 22.0. The van der Waals surface area contributed by atoms with E-state index >= 15 is 0 Å². The molecule has 2 heterocycles. The molecule has 2 aromatic heterocycles. The predicted octanol–water partition coefficient (Wildman–Crippen LogP) is 5.50. The highest BCUT2D eigenvalue weighted by molar-refractivity contribution is 6.42. The fourth-order valence-corrected chi connectivity index (χ4v) is 3.51. The average molecular weight is 452 g/mol. The third-order valence-corrected chi connectivity index (χ3v) is 5.59. The molecule has 0 fully saturated rings. The van der Waals surface area contributed by atoms with Gasteiger partial charge in [-0.2, -0.15) is 10.2 Å². The molecule has 0 aliphatic rings. The van der Waals surface area contributed by atoms with Crippen molar-refractivity contribution in [1.29, 1.82) is 0 Å². The van der Waals surface area contributed by atoms with Gasteiger partial charge in [0.25, 0.3) is 5.91 Å². The number of amides is 1. The van der Waals surface area contributed by atoms with Crippen LogP contribution in [-0.2, 0) is 6.54 Å². The van der Waals surface area contributed by atoms with Crippen molar-refractivity contribution in [3.8, 4) is 11.3 Å². The molecule has 0 aliphatic heterocycles. The van der Waals surface area contributed by atoms with E-state index in [4.69, 9.17) is 23.2 Å². The van der Waals surface area contributed by atoms with Crippen molar-refractivity contribution < 1.29 is 4.79 Å². The van der Waals surface area contributed by atoms with Crippen molar-refractivity contribution in [3.05, 3.63) is 81.6 Å². The number of hydrogen-bond acceptors (Lipinski definition) is 4. The summed E-state index contributed by atoms with van der Waals surface area (Å²) in [7, 11) is 0. The molecule has 2 aromatic carbocycles. The zero-order valence-corrected chi connectivity index (χ0v) is 18.4. The number of aromatic nitrogens is 3. The van der Waals surface area contributed by atoms with E-state index in [2.05, 4.69) is 20.6 Å². The molecule has 6 nitrogen and oxygen atoms in total. The maximum atomic E-state index is 13.0. The highest BCUT2D eigenvalue weighted by atomic mass is 35.5. The molecule has 156 valence electrons. The van der Waals surface area contributed by atoms with Gasteiger partial charge < -0.3 is 0 Å². The topological polar surface area (TPSA) is 72.2 Å². The molecule has 0 saturated heterocycles. The molecule has 1 N–H and O–H groups in total.